The molecule has 7 nitrogen and oxygen atoms in total. The first-order chi connectivity index (χ1) is 12.2. The van der Waals surface area contributed by atoms with Crippen LogP contribution in [0.5, 0.6) is 0 Å². The van der Waals surface area contributed by atoms with Gasteiger partial charge < -0.3 is 4.98 Å². The van der Waals surface area contributed by atoms with Gasteiger partial charge in [-0.1, -0.05) is 27.7 Å². The zero-order valence-corrected chi connectivity index (χ0v) is 16.7. The van der Waals surface area contributed by atoms with E-state index in [0.717, 1.165) is 31.7 Å². The maximum atomic E-state index is 12.6. The van der Waals surface area contributed by atoms with E-state index in [4.69, 9.17) is 0 Å². The SMILES string of the molecule is CCN1CCc2nc(NC(=O)c3c(C)nc(C(C)(C)C)[nH]c3=O)sc2C1. The zero-order valence-electron chi connectivity index (χ0n) is 15.9. The van der Waals surface area contributed by atoms with Gasteiger partial charge in [-0.3, -0.25) is 19.8 Å². The largest absolute Gasteiger partial charge is 0.309 e. The summed E-state index contributed by atoms with van der Waals surface area (Å²) in [5, 5.41) is 3.32. The van der Waals surface area contributed by atoms with Crippen molar-refractivity contribution in [2.45, 2.75) is 53.0 Å². The maximum Gasteiger partial charge on any atom is 0.264 e. The molecular weight excluding hydrogens is 350 g/mol. The number of anilines is 1. The van der Waals surface area contributed by atoms with Gasteiger partial charge in [0.1, 0.15) is 11.4 Å². The summed E-state index contributed by atoms with van der Waals surface area (Å²) >= 11 is 1.48. The van der Waals surface area contributed by atoms with E-state index in [-0.39, 0.29) is 11.0 Å². The van der Waals surface area contributed by atoms with Gasteiger partial charge in [-0.25, -0.2) is 9.97 Å². The Balaban J connectivity index is 1.83. The summed E-state index contributed by atoms with van der Waals surface area (Å²) in [6.07, 6.45) is 0.886. The minimum atomic E-state index is -0.463. The number of fused-ring (bicyclic) bond motifs is 1. The minimum absolute atomic E-state index is 0.0429. The van der Waals surface area contributed by atoms with E-state index < -0.39 is 11.5 Å². The van der Waals surface area contributed by atoms with Crippen molar-refractivity contribution in [3.63, 3.8) is 0 Å². The number of hydrogen-bond donors (Lipinski definition) is 2. The Morgan fingerprint density at radius 3 is 2.69 bits per heavy atom. The molecule has 0 aliphatic carbocycles. The van der Waals surface area contributed by atoms with Crippen LogP contribution in [0.2, 0.25) is 0 Å². The molecule has 0 aromatic carbocycles. The summed E-state index contributed by atoms with van der Waals surface area (Å²) in [6, 6.07) is 0. The smallest absolute Gasteiger partial charge is 0.264 e. The number of nitrogens with zero attached hydrogens (tertiary/aromatic N) is 3. The number of aromatic amines is 1. The average Bonchev–Trinajstić information content (AvgIpc) is 2.94. The summed E-state index contributed by atoms with van der Waals surface area (Å²) < 4.78 is 0. The molecule has 2 aromatic heterocycles. The highest BCUT2D eigenvalue weighted by Gasteiger charge is 2.24. The highest BCUT2D eigenvalue weighted by molar-refractivity contribution is 7.15. The third-order valence-electron chi connectivity index (χ3n) is 4.52. The number of aryl methyl sites for hydroxylation is 1. The number of nitrogens with one attached hydrogen (secondary N) is 2. The lowest BCUT2D eigenvalue weighted by Gasteiger charge is -2.23. The fraction of sp³-hybridized carbons (Fsp3) is 0.556. The third-order valence-corrected chi connectivity index (χ3v) is 5.51. The topological polar surface area (TPSA) is 91.0 Å². The van der Waals surface area contributed by atoms with Gasteiger partial charge in [-0.15, -0.1) is 11.3 Å². The van der Waals surface area contributed by atoms with Gasteiger partial charge in [-0.2, -0.15) is 0 Å². The lowest BCUT2D eigenvalue weighted by molar-refractivity contribution is 0.102. The van der Waals surface area contributed by atoms with Crippen LogP contribution in [0, 0.1) is 6.92 Å². The predicted molar refractivity (Wildman–Crippen MR) is 103 cm³/mol. The van der Waals surface area contributed by atoms with Crippen LogP contribution in [0.15, 0.2) is 4.79 Å². The van der Waals surface area contributed by atoms with Crippen LogP contribution < -0.4 is 10.9 Å². The second kappa shape index (κ2) is 6.92. The normalized spacial score (nSPS) is 15.0. The number of aromatic nitrogens is 3. The second-order valence-electron chi connectivity index (χ2n) is 7.59. The van der Waals surface area contributed by atoms with Crippen molar-refractivity contribution in [1.82, 2.24) is 19.9 Å². The lowest BCUT2D eigenvalue weighted by Crippen LogP contribution is -2.30. The molecule has 3 rings (SSSR count). The molecule has 0 fully saturated rings. The number of thiazole rings is 1. The Bertz CT molecular complexity index is 894. The molecule has 1 amide bonds. The molecule has 0 atom stereocenters. The zero-order chi connectivity index (χ0) is 19.1. The van der Waals surface area contributed by atoms with Crippen LogP contribution in [0.3, 0.4) is 0 Å². The number of H-pyrrole nitrogens is 1. The molecule has 0 radical (unpaired) electrons. The number of carbonyl (C=O) groups excluding carboxylic acids is 1. The summed E-state index contributed by atoms with van der Waals surface area (Å²) in [7, 11) is 0. The van der Waals surface area contributed by atoms with Crippen molar-refractivity contribution >= 4 is 22.4 Å². The van der Waals surface area contributed by atoms with Crippen LogP contribution in [0.4, 0.5) is 5.13 Å². The molecule has 0 bridgehead atoms. The van der Waals surface area contributed by atoms with Crippen LogP contribution in [0.1, 0.15) is 60.1 Å². The van der Waals surface area contributed by atoms with Crippen molar-refractivity contribution in [3.05, 3.63) is 38.0 Å². The minimum Gasteiger partial charge on any atom is -0.309 e. The van der Waals surface area contributed by atoms with Crippen LogP contribution in [-0.2, 0) is 18.4 Å². The first kappa shape index (κ1) is 18.7. The van der Waals surface area contributed by atoms with Crippen molar-refractivity contribution in [2.24, 2.45) is 0 Å². The Morgan fingerprint density at radius 2 is 2.08 bits per heavy atom. The molecule has 2 aromatic rings. The molecule has 3 heterocycles. The number of hydrogen-bond acceptors (Lipinski definition) is 6. The third kappa shape index (κ3) is 3.71. The van der Waals surface area contributed by atoms with Gasteiger partial charge >= 0.3 is 0 Å². The van der Waals surface area contributed by atoms with E-state index in [2.05, 4.69) is 32.1 Å². The van der Waals surface area contributed by atoms with Gasteiger partial charge in [0.15, 0.2) is 5.13 Å². The molecule has 2 N–H and O–H groups in total. The van der Waals surface area contributed by atoms with Gasteiger partial charge in [0, 0.05) is 29.8 Å². The molecule has 26 heavy (non-hydrogen) atoms. The van der Waals surface area contributed by atoms with E-state index in [0.29, 0.717) is 16.6 Å². The van der Waals surface area contributed by atoms with Crippen LogP contribution >= 0.6 is 11.3 Å². The molecule has 1 aliphatic rings. The Labute approximate surface area is 156 Å². The number of amides is 1. The highest BCUT2D eigenvalue weighted by Crippen LogP contribution is 2.28. The van der Waals surface area contributed by atoms with E-state index in [1.807, 2.05) is 20.8 Å². The van der Waals surface area contributed by atoms with Crippen LogP contribution in [0.25, 0.3) is 0 Å². The summed E-state index contributed by atoms with van der Waals surface area (Å²) in [5.74, 6) is 0.107. The predicted octanol–water partition coefficient (Wildman–Crippen LogP) is 2.46. The summed E-state index contributed by atoms with van der Waals surface area (Å²) in [6.45, 7) is 12.6. The molecule has 0 saturated heterocycles. The van der Waals surface area contributed by atoms with Crippen molar-refractivity contribution in [1.29, 1.82) is 0 Å². The standard InChI is InChI=1S/C18H25N5O2S/c1-6-23-8-7-11-12(9-23)26-17(20-11)22-15(25)13-10(2)19-16(18(3,4)5)21-14(13)24/h6-9H2,1-5H3,(H,19,21,24)(H,20,22,25). The van der Waals surface area contributed by atoms with Crippen molar-refractivity contribution < 1.29 is 4.79 Å². The number of rotatable bonds is 3. The number of likely N-dealkylation sites (N-methyl/N-ethyl adjacent to an activating group) is 1. The van der Waals surface area contributed by atoms with E-state index >= 15 is 0 Å². The first-order valence-corrected chi connectivity index (χ1v) is 9.64. The second-order valence-corrected chi connectivity index (χ2v) is 8.67. The summed E-state index contributed by atoms with van der Waals surface area (Å²) in [5.41, 5.74) is 0.801. The van der Waals surface area contributed by atoms with Gasteiger partial charge in [0.25, 0.3) is 11.5 Å². The molecule has 8 heteroatoms. The van der Waals surface area contributed by atoms with Crippen LogP contribution in [-0.4, -0.2) is 38.8 Å². The molecule has 1 aliphatic heterocycles. The van der Waals surface area contributed by atoms with E-state index in [1.165, 1.54) is 16.2 Å². The first-order valence-electron chi connectivity index (χ1n) is 8.82. The molecular formula is C18H25N5O2S. The van der Waals surface area contributed by atoms with Gasteiger partial charge in [-0.05, 0) is 13.5 Å². The fourth-order valence-corrected chi connectivity index (χ4v) is 3.99. The monoisotopic (exact) mass is 375 g/mol. The highest BCUT2D eigenvalue weighted by atomic mass is 32.1. The van der Waals surface area contributed by atoms with Gasteiger partial charge in [0.05, 0.1) is 11.4 Å². The molecule has 0 saturated carbocycles. The van der Waals surface area contributed by atoms with Crippen molar-refractivity contribution in [3.8, 4) is 0 Å². The fourth-order valence-electron chi connectivity index (χ4n) is 2.94. The lowest BCUT2D eigenvalue weighted by atomic mass is 9.95. The molecule has 0 spiro atoms. The summed E-state index contributed by atoms with van der Waals surface area (Å²) in [4.78, 5) is 40.3. The molecule has 0 unspecified atom stereocenters. The Kier molecular flexibility index (Phi) is 4.98. The van der Waals surface area contributed by atoms with E-state index in [1.54, 1.807) is 6.92 Å². The average molecular weight is 375 g/mol. The van der Waals surface area contributed by atoms with Gasteiger partial charge in [0.2, 0.25) is 0 Å². The number of carbonyl (C=O) groups is 1. The Morgan fingerprint density at radius 1 is 1.35 bits per heavy atom. The molecule has 140 valence electrons. The Hall–Kier alpha value is -2.06. The maximum absolute atomic E-state index is 12.6. The van der Waals surface area contributed by atoms with Crippen molar-refractivity contribution in [2.75, 3.05) is 18.4 Å². The van der Waals surface area contributed by atoms with E-state index in [9.17, 15) is 9.59 Å². The quantitative estimate of drug-likeness (QED) is 0.860.